The van der Waals surface area contributed by atoms with Crippen LogP contribution < -0.4 is 0 Å². The quantitative estimate of drug-likeness (QED) is 0.165. The molecule has 0 unspecified atom stereocenters. The average Bonchev–Trinajstić information content (AvgIpc) is 3.69. The zero-order chi connectivity index (χ0) is 41.0. The summed E-state index contributed by atoms with van der Waals surface area (Å²) in [4.78, 5) is 43.8. The first-order valence-electron chi connectivity index (χ1n) is 20.5. The highest BCUT2D eigenvalue weighted by atomic mass is 15.1. The van der Waals surface area contributed by atoms with Crippen LogP contribution in [0, 0.1) is 0 Å². The molecule has 9 nitrogen and oxygen atoms in total. The van der Waals surface area contributed by atoms with Crippen molar-refractivity contribution in [3.63, 3.8) is 0 Å². The van der Waals surface area contributed by atoms with E-state index in [1.807, 2.05) is 72.8 Å². The summed E-state index contributed by atoms with van der Waals surface area (Å²) in [5.41, 5.74) is 15.2. The zero-order valence-electron chi connectivity index (χ0n) is 33.1. The lowest BCUT2D eigenvalue weighted by Gasteiger charge is -2.31. The second-order valence-corrected chi connectivity index (χ2v) is 15.3. The summed E-state index contributed by atoms with van der Waals surface area (Å²) in [5, 5.41) is 0. The summed E-state index contributed by atoms with van der Waals surface area (Å²) in [6.07, 6.45) is 9.74. The summed E-state index contributed by atoms with van der Waals surface area (Å²) in [6, 6.07) is 54.2. The van der Waals surface area contributed by atoms with Gasteiger partial charge in [0.2, 0.25) is 0 Å². The molecule has 6 heterocycles. The minimum absolute atomic E-state index is 0.481. The van der Waals surface area contributed by atoms with E-state index in [0.29, 0.717) is 46.8 Å². The van der Waals surface area contributed by atoms with E-state index in [1.165, 1.54) is 33.4 Å². The van der Waals surface area contributed by atoms with Gasteiger partial charge in [0.25, 0.3) is 0 Å². The fourth-order valence-electron chi connectivity index (χ4n) is 9.20. The van der Waals surface area contributed by atoms with Crippen molar-refractivity contribution in [1.29, 1.82) is 0 Å². The molecule has 4 aromatic carbocycles. The molecule has 290 valence electrons. The smallest absolute Gasteiger partial charge is 0.182 e. The lowest BCUT2D eigenvalue weighted by molar-refractivity contribution is 0.793. The molecular formula is C53H33N9. The van der Waals surface area contributed by atoms with E-state index in [1.54, 1.807) is 24.8 Å². The molecule has 1 spiro atoms. The number of aliphatic imine (C=N–C) groups is 2. The fourth-order valence-corrected chi connectivity index (χ4v) is 9.20. The Bertz CT molecular complexity index is 3210. The molecule has 5 aromatic heterocycles. The van der Waals surface area contributed by atoms with E-state index in [9.17, 15) is 0 Å². The molecule has 0 saturated carbocycles. The maximum atomic E-state index is 5.28. The molecule has 9 heteroatoms. The number of hydrogen-bond acceptors (Lipinski definition) is 9. The maximum absolute atomic E-state index is 5.28. The van der Waals surface area contributed by atoms with Crippen LogP contribution in [0.4, 0.5) is 0 Å². The molecule has 0 atom stereocenters. The highest BCUT2D eigenvalue weighted by Crippen LogP contribution is 2.63. The Balaban J connectivity index is 1.07. The summed E-state index contributed by atoms with van der Waals surface area (Å²) >= 11 is 0. The van der Waals surface area contributed by atoms with Gasteiger partial charge in [0, 0.05) is 36.8 Å². The van der Waals surface area contributed by atoms with Gasteiger partial charge in [0.15, 0.2) is 23.3 Å². The Labute approximate surface area is 357 Å². The molecule has 0 saturated heterocycles. The Kier molecular flexibility index (Phi) is 8.24. The number of rotatable bonds is 6. The van der Waals surface area contributed by atoms with Gasteiger partial charge in [-0.3, -0.25) is 19.9 Å². The number of amidine groups is 1. The Hall–Kier alpha value is -8.43. The van der Waals surface area contributed by atoms with Crippen molar-refractivity contribution in [2.45, 2.75) is 11.8 Å². The number of nitrogens with zero attached hydrogens (tertiary/aromatic N) is 9. The predicted octanol–water partition coefficient (Wildman–Crippen LogP) is 10.5. The number of pyridine rings is 4. The number of hydrogen-bond donors (Lipinski definition) is 0. The third-order valence-electron chi connectivity index (χ3n) is 11.9. The molecular weight excluding hydrogens is 763 g/mol. The third-order valence-corrected chi connectivity index (χ3v) is 11.9. The highest BCUT2D eigenvalue weighted by Gasteiger charge is 2.52. The second-order valence-electron chi connectivity index (χ2n) is 15.3. The largest absolute Gasteiger partial charge is 0.255 e. The second kappa shape index (κ2) is 14.4. The minimum Gasteiger partial charge on any atom is -0.255 e. The molecule has 9 aromatic rings. The Morgan fingerprint density at radius 2 is 0.839 bits per heavy atom. The summed E-state index contributed by atoms with van der Waals surface area (Å²) in [5.74, 6) is 2.05. The van der Waals surface area contributed by atoms with Crippen LogP contribution in [0.25, 0.3) is 62.4 Å². The van der Waals surface area contributed by atoms with Crippen molar-refractivity contribution in [3.8, 4) is 56.7 Å². The first kappa shape index (κ1) is 35.5. The molecule has 1 aliphatic heterocycles. The van der Waals surface area contributed by atoms with E-state index >= 15 is 0 Å². The lowest BCUT2D eigenvalue weighted by Crippen LogP contribution is -2.26. The average molecular weight is 796 g/mol. The normalized spacial score (nSPS) is 14.2. The van der Waals surface area contributed by atoms with Gasteiger partial charge in [-0.25, -0.2) is 24.9 Å². The Morgan fingerprint density at radius 3 is 1.40 bits per heavy atom. The third kappa shape index (κ3) is 5.67. The van der Waals surface area contributed by atoms with Gasteiger partial charge in [-0.2, -0.15) is 0 Å². The first-order chi connectivity index (χ1) is 30.7. The van der Waals surface area contributed by atoms with Crippen molar-refractivity contribution in [1.82, 2.24) is 34.9 Å². The predicted molar refractivity (Wildman–Crippen MR) is 242 cm³/mol. The molecule has 2 aliphatic carbocycles. The molecule has 12 rings (SSSR count). The molecule has 3 aliphatic rings. The van der Waals surface area contributed by atoms with Gasteiger partial charge in [-0.1, -0.05) is 103 Å². The number of allylic oxidation sites excluding steroid dienone is 1. The topological polar surface area (TPSA) is 115 Å². The highest BCUT2D eigenvalue weighted by molar-refractivity contribution is 6.15. The maximum Gasteiger partial charge on any atom is 0.182 e. The lowest BCUT2D eigenvalue weighted by atomic mass is 9.70. The van der Waals surface area contributed by atoms with Crippen LogP contribution in [-0.2, 0) is 5.41 Å². The molecule has 0 radical (unpaired) electrons. The summed E-state index contributed by atoms with van der Waals surface area (Å²) in [6.45, 7) is 0. The van der Waals surface area contributed by atoms with Gasteiger partial charge in [-0.15, -0.1) is 0 Å². The molecule has 0 N–H and O–H groups in total. The van der Waals surface area contributed by atoms with E-state index in [2.05, 4.69) is 111 Å². The standard InChI is InChI=1S/C53H33N9/c1-3-15-39-35(13-1)36-14-2-4-16-40(36)53(39)41-31-33(43-25-26-45(44-17-5-9-27-54-44)59-50(58-43)46-18-6-10-28-55-46)21-23-37(41)38-24-22-34(32-42(38)53)49-60-51(47-19-7-11-29-56-47)62-52(61-49)48-20-8-12-30-57-48/h1-24,26-32H,25H2. The molecule has 0 bridgehead atoms. The summed E-state index contributed by atoms with van der Waals surface area (Å²) in [7, 11) is 0. The zero-order valence-corrected chi connectivity index (χ0v) is 33.1. The molecule has 62 heavy (non-hydrogen) atoms. The number of benzene rings is 4. The van der Waals surface area contributed by atoms with Crippen LogP contribution in [0.5, 0.6) is 0 Å². The van der Waals surface area contributed by atoms with E-state index in [0.717, 1.165) is 39.4 Å². The van der Waals surface area contributed by atoms with Gasteiger partial charge >= 0.3 is 0 Å². The SMILES string of the molecule is C1=C(c2ccccn2)N=C(c2ccccn2)N=C(c2ccc3c(c2)C2(c4ccccc4-c4ccccc42)c2cc(-c4nc(-c5ccccn5)nc(-c5ccccn5)n4)ccc2-3)C1. The van der Waals surface area contributed by atoms with Crippen LogP contribution in [0.3, 0.4) is 0 Å². The molecule has 0 amide bonds. The molecule has 0 fully saturated rings. The van der Waals surface area contributed by atoms with Crippen LogP contribution >= 0.6 is 0 Å². The van der Waals surface area contributed by atoms with E-state index in [-0.39, 0.29) is 0 Å². The monoisotopic (exact) mass is 795 g/mol. The van der Waals surface area contributed by atoms with Crippen molar-refractivity contribution in [3.05, 3.63) is 228 Å². The van der Waals surface area contributed by atoms with Crippen molar-refractivity contribution in [2.24, 2.45) is 9.98 Å². The number of aromatic nitrogens is 7. The van der Waals surface area contributed by atoms with Crippen LogP contribution in [-0.4, -0.2) is 46.4 Å². The van der Waals surface area contributed by atoms with Crippen molar-refractivity contribution >= 4 is 17.2 Å². The van der Waals surface area contributed by atoms with Gasteiger partial charge in [0.1, 0.15) is 17.1 Å². The van der Waals surface area contributed by atoms with Gasteiger partial charge < -0.3 is 0 Å². The fraction of sp³-hybridized carbons (Fsp3) is 0.0377. The van der Waals surface area contributed by atoms with Crippen LogP contribution in [0.15, 0.2) is 199 Å². The van der Waals surface area contributed by atoms with Crippen LogP contribution in [0.1, 0.15) is 45.6 Å². The summed E-state index contributed by atoms with van der Waals surface area (Å²) < 4.78 is 0. The Morgan fingerprint density at radius 1 is 0.371 bits per heavy atom. The van der Waals surface area contributed by atoms with Crippen molar-refractivity contribution < 1.29 is 0 Å². The van der Waals surface area contributed by atoms with E-state index in [4.69, 9.17) is 24.9 Å². The first-order valence-corrected chi connectivity index (χ1v) is 20.5. The van der Waals surface area contributed by atoms with Gasteiger partial charge in [-0.05, 0) is 111 Å². The van der Waals surface area contributed by atoms with Gasteiger partial charge in [0.05, 0.1) is 22.5 Å². The number of fused-ring (bicyclic) bond motifs is 10. The van der Waals surface area contributed by atoms with Crippen molar-refractivity contribution in [2.75, 3.05) is 0 Å². The van der Waals surface area contributed by atoms with E-state index < -0.39 is 5.41 Å². The van der Waals surface area contributed by atoms with Crippen LogP contribution in [0.2, 0.25) is 0 Å². The minimum atomic E-state index is -0.650.